The van der Waals surface area contributed by atoms with E-state index in [-0.39, 0.29) is 6.61 Å². The van der Waals surface area contributed by atoms with E-state index < -0.39 is 6.54 Å². The van der Waals surface area contributed by atoms with Crippen molar-refractivity contribution in [2.75, 3.05) is 6.61 Å². The van der Waals surface area contributed by atoms with Crippen molar-refractivity contribution in [1.29, 1.82) is 0 Å². The van der Waals surface area contributed by atoms with Crippen molar-refractivity contribution in [2.24, 2.45) is 0 Å². The Kier molecular flexibility index (Phi) is 3.93. The van der Waals surface area contributed by atoms with E-state index in [0.717, 1.165) is 0 Å². The van der Waals surface area contributed by atoms with Crippen LogP contribution in [0.15, 0.2) is 0 Å². The summed E-state index contributed by atoms with van der Waals surface area (Å²) in [5, 5.41) is 9.40. The molecule has 0 aromatic heterocycles. The SMILES string of the molecule is CCCOC([O])F. The van der Waals surface area contributed by atoms with E-state index in [1.807, 2.05) is 6.92 Å². The van der Waals surface area contributed by atoms with Gasteiger partial charge in [-0.05, 0) is 6.42 Å². The summed E-state index contributed by atoms with van der Waals surface area (Å²) in [4.78, 5) is 0. The van der Waals surface area contributed by atoms with Crippen molar-refractivity contribution in [3.8, 4) is 0 Å². The molecular formula is C4H8FO2. The van der Waals surface area contributed by atoms with Gasteiger partial charge in [-0.2, -0.15) is 9.50 Å². The molecule has 0 N–H and O–H groups in total. The second kappa shape index (κ2) is 4.02. The first-order valence-corrected chi connectivity index (χ1v) is 2.19. The highest BCUT2D eigenvalue weighted by Crippen LogP contribution is 1.88. The number of halogens is 1. The van der Waals surface area contributed by atoms with Crippen LogP contribution < -0.4 is 0 Å². The highest BCUT2D eigenvalue weighted by atomic mass is 19.2. The first-order chi connectivity index (χ1) is 3.27. The Morgan fingerprint density at radius 1 is 1.86 bits per heavy atom. The number of hydrogen-bond acceptors (Lipinski definition) is 1. The molecule has 0 heterocycles. The third kappa shape index (κ3) is 5.85. The average Bonchev–Trinajstić information content (AvgIpc) is 1.61. The second-order valence-corrected chi connectivity index (χ2v) is 1.15. The molecule has 0 rings (SSSR count). The van der Waals surface area contributed by atoms with Gasteiger partial charge in [0.15, 0.2) is 0 Å². The molecule has 3 heteroatoms. The van der Waals surface area contributed by atoms with Crippen molar-refractivity contribution in [1.82, 2.24) is 0 Å². The lowest BCUT2D eigenvalue weighted by Gasteiger charge is -1.95. The highest BCUT2D eigenvalue weighted by molar-refractivity contribution is 4.19. The van der Waals surface area contributed by atoms with Gasteiger partial charge in [-0.1, -0.05) is 6.92 Å². The molecular weight excluding hydrogens is 99.0 g/mol. The maximum atomic E-state index is 11.1. The maximum absolute atomic E-state index is 11.1. The Morgan fingerprint density at radius 2 is 2.43 bits per heavy atom. The van der Waals surface area contributed by atoms with Crippen molar-refractivity contribution in [3.63, 3.8) is 0 Å². The Labute approximate surface area is 41.9 Å². The Bertz CT molecular complexity index is 38.7. The van der Waals surface area contributed by atoms with Gasteiger partial charge in [0.05, 0.1) is 6.61 Å². The average molecular weight is 107 g/mol. The maximum Gasteiger partial charge on any atom is 0.337 e. The standard InChI is InChI=1S/C4H8FO2/c1-2-3-7-4(5)6/h4H,2-3H2,1H3. The van der Waals surface area contributed by atoms with E-state index in [4.69, 9.17) is 0 Å². The number of rotatable bonds is 3. The zero-order valence-corrected chi connectivity index (χ0v) is 4.19. The van der Waals surface area contributed by atoms with E-state index in [1.54, 1.807) is 0 Å². The fourth-order valence-corrected chi connectivity index (χ4v) is 0.211. The van der Waals surface area contributed by atoms with Crippen LogP contribution in [-0.2, 0) is 9.84 Å². The van der Waals surface area contributed by atoms with Crippen LogP contribution >= 0.6 is 0 Å². The zero-order chi connectivity index (χ0) is 5.70. The smallest absolute Gasteiger partial charge is 0.325 e. The molecule has 1 radical (unpaired) electrons. The van der Waals surface area contributed by atoms with Crippen molar-refractivity contribution >= 4 is 0 Å². The zero-order valence-electron chi connectivity index (χ0n) is 4.19. The van der Waals surface area contributed by atoms with E-state index >= 15 is 0 Å². The van der Waals surface area contributed by atoms with Gasteiger partial charge in [-0.25, -0.2) is 0 Å². The van der Waals surface area contributed by atoms with Crippen LogP contribution in [0.1, 0.15) is 13.3 Å². The fourth-order valence-electron chi connectivity index (χ4n) is 0.211. The van der Waals surface area contributed by atoms with Crippen LogP contribution in [0, 0.1) is 0 Å². The predicted octanol–water partition coefficient (Wildman–Crippen LogP) is 1.10. The third-order valence-corrected chi connectivity index (χ3v) is 0.453. The molecule has 7 heavy (non-hydrogen) atoms. The van der Waals surface area contributed by atoms with Crippen LogP contribution in [0.3, 0.4) is 0 Å². The molecule has 43 valence electrons. The quantitative estimate of drug-likeness (QED) is 0.496. The monoisotopic (exact) mass is 107 g/mol. The molecule has 0 aliphatic heterocycles. The largest absolute Gasteiger partial charge is 0.337 e. The second-order valence-electron chi connectivity index (χ2n) is 1.15. The first-order valence-electron chi connectivity index (χ1n) is 2.19. The van der Waals surface area contributed by atoms with Crippen LogP contribution in [0.25, 0.3) is 0 Å². The van der Waals surface area contributed by atoms with Gasteiger partial charge in [0, 0.05) is 0 Å². The lowest BCUT2D eigenvalue weighted by Crippen LogP contribution is -2.02. The lowest BCUT2D eigenvalue weighted by molar-refractivity contribution is -0.219. The molecule has 0 aromatic rings. The molecule has 2 nitrogen and oxygen atoms in total. The van der Waals surface area contributed by atoms with Crippen molar-refractivity contribution in [3.05, 3.63) is 0 Å². The summed E-state index contributed by atoms with van der Waals surface area (Å²) < 4.78 is 15.1. The summed E-state index contributed by atoms with van der Waals surface area (Å²) in [6.07, 6.45) is 0.683. The minimum absolute atomic E-state index is 0.213. The number of alkyl halides is 1. The van der Waals surface area contributed by atoms with E-state index in [1.165, 1.54) is 0 Å². The van der Waals surface area contributed by atoms with Gasteiger partial charge < -0.3 is 4.74 Å². The van der Waals surface area contributed by atoms with Crippen LogP contribution in [-0.4, -0.2) is 13.2 Å². The minimum Gasteiger partial charge on any atom is -0.325 e. The number of hydrogen-bond donors (Lipinski definition) is 0. The van der Waals surface area contributed by atoms with E-state index in [9.17, 15) is 9.50 Å². The molecule has 0 bridgehead atoms. The summed E-state index contributed by atoms with van der Waals surface area (Å²) in [6.45, 7) is -0.326. The van der Waals surface area contributed by atoms with Gasteiger partial charge in [-0.3, -0.25) is 0 Å². The molecule has 1 unspecified atom stereocenters. The Balaban J connectivity index is 2.68. The molecule has 1 atom stereocenters. The minimum atomic E-state index is -2.35. The summed E-state index contributed by atoms with van der Waals surface area (Å²) >= 11 is 0. The fraction of sp³-hybridized carbons (Fsp3) is 1.00. The van der Waals surface area contributed by atoms with Gasteiger partial charge in [0.1, 0.15) is 0 Å². The van der Waals surface area contributed by atoms with Gasteiger partial charge in [-0.15, -0.1) is 0 Å². The molecule has 0 saturated heterocycles. The molecule has 0 amide bonds. The van der Waals surface area contributed by atoms with Crippen molar-refractivity contribution < 1.29 is 14.2 Å². The number of ether oxygens (including phenoxy) is 1. The van der Waals surface area contributed by atoms with E-state index in [0.29, 0.717) is 6.42 Å². The van der Waals surface area contributed by atoms with Crippen LogP contribution in [0.4, 0.5) is 4.39 Å². The molecule has 0 spiro atoms. The molecule has 0 aliphatic carbocycles. The van der Waals surface area contributed by atoms with Crippen LogP contribution in [0.5, 0.6) is 0 Å². The van der Waals surface area contributed by atoms with Gasteiger partial charge in [0.25, 0.3) is 0 Å². The predicted molar refractivity (Wildman–Crippen MR) is 21.8 cm³/mol. The van der Waals surface area contributed by atoms with Crippen molar-refractivity contribution in [2.45, 2.75) is 19.9 Å². The summed E-state index contributed by atoms with van der Waals surface area (Å²) in [5.41, 5.74) is 0. The first kappa shape index (κ1) is 6.85. The van der Waals surface area contributed by atoms with Gasteiger partial charge >= 0.3 is 6.54 Å². The third-order valence-electron chi connectivity index (χ3n) is 0.453. The lowest BCUT2D eigenvalue weighted by atomic mass is 10.5. The molecule has 0 saturated carbocycles. The topological polar surface area (TPSA) is 29.1 Å². The van der Waals surface area contributed by atoms with Gasteiger partial charge in [0.2, 0.25) is 0 Å². The summed E-state index contributed by atoms with van der Waals surface area (Å²) in [6, 6.07) is 0. The van der Waals surface area contributed by atoms with E-state index in [2.05, 4.69) is 4.74 Å². The Morgan fingerprint density at radius 3 is 2.57 bits per heavy atom. The highest BCUT2D eigenvalue weighted by Gasteiger charge is 1.96. The molecule has 0 aromatic carbocycles. The summed E-state index contributed by atoms with van der Waals surface area (Å²) in [5.74, 6) is 0. The van der Waals surface area contributed by atoms with Crippen LogP contribution in [0.2, 0.25) is 0 Å². The Hall–Kier alpha value is -0.150. The molecule has 0 fully saturated rings. The summed E-state index contributed by atoms with van der Waals surface area (Å²) in [7, 11) is 0. The molecule has 0 aliphatic rings. The normalized spacial score (nSPS) is 14.1.